The molecule has 1 N–H and O–H groups in total. The monoisotopic (exact) mass is 251 g/mol. The Kier molecular flexibility index (Phi) is 3.19. The summed E-state index contributed by atoms with van der Waals surface area (Å²) in [5.41, 5.74) is 4.69. The van der Waals surface area contributed by atoms with Gasteiger partial charge in [-0.05, 0) is 36.8 Å². The lowest BCUT2D eigenvalue weighted by Gasteiger charge is -2.08. The summed E-state index contributed by atoms with van der Waals surface area (Å²) >= 11 is 0. The Bertz CT molecular complexity index is 685. The average Bonchev–Trinajstić information content (AvgIpc) is 2.83. The van der Waals surface area contributed by atoms with Crippen LogP contribution < -0.4 is 5.32 Å². The molecule has 0 saturated heterocycles. The van der Waals surface area contributed by atoms with Crippen LogP contribution in [0.1, 0.15) is 5.56 Å². The van der Waals surface area contributed by atoms with E-state index in [2.05, 4.69) is 58.2 Å². The molecule has 0 radical (unpaired) electrons. The van der Waals surface area contributed by atoms with Gasteiger partial charge >= 0.3 is 0 Å². The van der Waals surface area contributed by atoms with Crippen molar-refractivity contribution in [2.45, 2.75) is 13.5 Å². The predicted octanol–water partition coefficient (Wildman–Crippen LogP) is 3.46. The van der Waals surface area contributed by atoms with Crippen molar-refractivity contribution in [2.75, 3.05) is 11.9 Å². The molecule has 0 bridgehead atoms. The summed E-state index contributed by atoms with van der Waals surface area (Å²) in [5.74, 6) is 0. The minimum Gasteiger partial charge on any atom is -0.383 e. The molecule has 0 aliphatic heterocycles. The zero-order valence-corrected chi connectivity index (χ0v) is 11.0. The Hall–Kier alpha value is -2.29. The maximum absolute atomic E-state index is 4.39. The van der Waals surface area contributed by atoms with Gasteiger partial charge in [0.05, 0.1) is 17.4 Å². The molecule has 3 rings (SSSR count). The number of hydrogen-bond acceptors (Lipinski definition) is 2. The molecule has 96 valence electrons. The van der Waals surface area contributed by atoms with E-state index in [0.717, 1.165) is 18.6 Å². The smallest absolute Gasteiger partial charge is 0.0958 e. The molecular weight excluding hydrogens is 234 g/mol. The SMILES string of the molecule is Cc1cccc(NCCn2cnc3ccccc32)c1. The number of aromatic nitrogens is 2. The van der Waals surface area contributed by atoms with Crippen molar-refractivity contribution >= 4 is 16.7 Å². The minimum absolute atomic E-state index is 0.893. The van der Waals surface area contributed by atoms with Crippen LogP contribution >= 0.6 is 0 Å². The number of benzene rings is 2. The third-order valence-corrected chi connectivity index (χ3v) is 3.23. The molecule has 3 heteroatoms. The molecule has 0 atom stereocenters. The molecule has 0 aliphatic rings. The first kappa shape index (κ1) is 11.8. The Balaban J connectivity index is 1.66. The first-order valence-corrected chi connectivity index (χ1v) is 6.53. The number of aryl methyl sites for hydroxylation is 1. The molecule has 0 aliphatic carbocycles. The van der Waals surface area contributed by atoms with Gasteiger partial charge in [-0.15, -0.1) is 0 Å². The lowest BCUT2D eigenvalue weighted by Crippen LogP contribution is -2.09. The van der Waals surface area contributed by atoms with Gasteiger partial charge in [-0.3, -0.25) is 0 Å². The van der Waals surface area contributed by atoms with Crippen LogP contribution in [0.15, 0.2) is 54.9 Å². The standard InChI is InChI=1S/C16H17N3/c1-13-5-4-6-14(11-13)17-9-10-19-12-18-15-7-2-3-8-16(15)19/h2-8,11-12,17H,9-10H2,1H3. The third-order valence-electron chi connectivity index (χ3n) is 3.23. The fourth-order valence-corrected chi connectivity index (χ4v) is 2.26. The largest absolute Gasteiger partial charge is 0.383 e. The first-order valence-electron chi connectivity index (χ1n) is 6.53. The molecule has 1 heterocycles. The molecule has 0 spiro atoms. The van der Waals surface area contributed by atoms with E-state index in [1.165, 1.54) is 16.8 Å². The Morgan fingerprint density at radius 1 is 1.11 bits per heavy atom. The van der Waals surface area contributed by atoms with E-state index in [1.807, 2.05) is 18.5 Å². The molecule has 3 aromatic rings. The Labute approximate surface area is 112 Å². The van der Waals surface area contributed by atoms with Crippen LogP contribution in [0.25, 0.3) is 11.0 Å². The minimum atomic E-state index is 0.893. The van der Waals surface area contributed by atoms with Gasteiger partial charge in [0.15, 0.2) is 0 Å². The van der Waals surface area contributed by atoms with Gasteiger partial charge in [-0.1, -0.05) is 24.3 Å². The van der Waals surface area contributed by atoms with E-state index in [4.69, 9.17) is 0 Å². The van der Waals surface area contributed by atoms with Gasteiger partial charge < -0.3 is 9.88 Å². The van der Waals surface area contributed by atoms with Crippen molar-refractivity contribution in [1.29, 1.82) is 0 Å². The lowest BCUT2D eigenvalue weighted by atomic mass is 10.2. The number of fused-ring (bicyclic) bond motifs is 1. The molecule has 0 saturated carbocycles. The second-order valence-electron chi connectivity index (χ2n) is 4.72. The van der Waals surface area contributed by atoms with Gasteiger partial charge in [0, 0.05) is 18.8 Å². The van der Waals surface area contributed by atoms with Crippen molar-refractivity contribution in [3.63, 3.8) is 0 Å². The first-order chi connectivity index (χ1) is 9.33. The van der Waals surface area contributed by atoms with E-state index in [9.17, 15) is 0 Å². The van der Waals surface area contributed by atoms with Crippen molar-refractivity contribution in [3.05, 3.63) is 60.4 Å². The topological polar surface area (TPSA) is 29.9 Å². The van der Waals surface area contributed by atoms with Gasteiger partial charge in [-0.25, -0.2) is 4.98 Å². The molecule has 3 nitrogen and oxygen atoms in total. The third kappa shape index (κ3) is 2.60. The average molecular weight is 251 g/mol. The highest BCUT2D eigenvalue weighted by molar-refractivity contribution is 5.74. The van der Waals surface area contributed by atoms with Gasteiger partial charge in [0.1, 0.15) is 0 Å². The number of hydrogen-bond donors (Lipinski definition) is 1. The molecule has 0 amide bonds. The molecule has 1 aromatic heterocycles. The number of rotatable bonds is 4. The Morgan fingerprint density at radius 2 is 2.00 bits per heavy atom. The van der Waals surface area contributed by atoms with Crippen molar-refractivity contribution in [1.82, 2.24) is 9.55 Å². The number of anilines is 1. The normalized spacial score (nSPS) is 10.8. The highest BCUT2D eigenvalue weighted by atomic mass is 15.1. The van der Waals surface area contributed by atoms with E-state index in [-0.39, 0.29) is 0 Å². The molecule has 2 aromatic carbocycles. The lowest BCUT2D eigenvalue weighted by molar-refractivity contribution is 0.749. The number of nitrogens with one attached hydrogen (secondary N) is 1. The Morgan fingerprint density at radius 3 is 2.89 bits per heavy atom. The molecule has 19 heavy (non-hydrogen) atoms. The van der Waals surface area contributed by atoms with E-state index in [0.29, 0.717) is 0 Å². The zero-order valence-electron chi connectivity index (χ0n) is 11.0. The van der Waals surface area contributed by atoms with E-state index >= 15 is 0 Å². The van der Waals surface area contributed by atoms with Crippen LogP contribution in [0, 0.1) is 6.92 Å². The van der Waals surface area contributed by atoms with Crippen molar-refractivity contribution < 1.29 is 0 Å². The van der Waals surface area contributed by atoms with Crippen LogP contribution in [-0.4, -0.2) is 16.1 Å². The summed E-state index contributed by atoms with van der Waals surface area (Å²) in [4.78, 5) is 4.39. The van der Waals surface area contributed by atoms with Crippen LogP contribution in [-0.2, 0) is 6.54 Å². The summed E-state index contributed by atoms with van der Waals surface area (Å²) in [6.07, 6.45) is 1.91. The highest BCUT2D eigenvalue weighted by Gasteiger charge is 2.00. The highest BCUT2D eigenvalue weighted by Crippen LogP contribution is 2.12. The van der Waals surface area contributed by atoms with E-state index < -0.39 is 0 Å². The summed E-state index contributed by atoms with van der Waals surface area (Å²) in [6, 6.07) is 16.7. The molecular formula is C16H17N3. The van der Waals surface area contributed by atoms with Crippen LogP contribution in [0.5, 0.6) is 0 Å². The summed E-state index contributed by atoms with van der Waals surface area (Å²) < 4.78 is 2.18. The summed E-state index contributed by atoms with van der Waals surface area (Å²) in [5, 5.41) is 3.44. The zero-order chi connectivity index (χ0) is 13.1. The van der Waals surface area contributed by atoms with Crippen LogP contribution in [0.3, 0.4) is 0 Å². The quantitative estimate of drug-likeness (QED) is 0.769. The van der Waals surface area contributed by atoms with Gasteiger partial charge in [0.2, 0.25) is 0 Å². The molecule has 0 unspecified atom stereocenters. The van der Waals surface area contributed by atoms with Crippen LogP contribution in [0.4, 0.5) is 5.69 Å². The number of nitrogens with zero attached hydrogens (tertiary/aromatic N) is 2. The molecule has 0 fully saturated rings. The van der Waals surface area contributed by atoms with Gasteiger partial charge in [0.25, 0.3) is 0 Å². The fourth-order valence-electron chi connectivity index (χ4n) is 2.26. The van der Waals surface area contributed by atoms with Crippen LogP contribution in [0.2, 0.25) is 0 Å². The summed E-state index contributed by atoms with van der Waals surface area (Å²) in [7, 11) is 0. The van der Waals surface area contributed by atoms with Gasteiger partial charge in [-0.2, -0.15) is 0 Å². The maximum Gasteiger partial charge on any atom is 0.0958 e. The fraction of sp³-hybridized carbons (Fsp3) is 0.188. The second kappa shape index (κ2) is 5.14. The predicted molar refractivity (Wildman–Crippen MR) is 79.4 cm³/mol. The maximum atomic E-state index is 4.39. The number of imidazole rings is 1. The number of para-hydroxylation sites is 2. The summed E-state index contributed by atoms with van der Waals surface area (Å²) in [6.45, 7) is 3.91. The van der Waals surface area contributed by atoms with Crippen molar-refractivity contribution in [3.8, 4) is 0 Å². The second-order valence-corrected chi connectivity index (χ2v) is 4.72. The van der Waals surface area contributed by atoms with E-state index in [1.54, 1.807) is 0 Å². The van der Waals surface area contributed by atoms with Crippen molar-refractivity contribution in [2.24, 2.45) is 0 Å².